The first-order chi connectivity index (χ1) is 7.86. The third kappa shape index (κ3) is 3.99. The Balaban J connectivity index is 2.88. The van der Waals surface area contributed by atoms with Crippen molar-refractivity contribution in [2.45, 2.75) is 23.5 Å². The topological polar surface area (TPSA) is 74.6 Å². The highest BCUT2D eigenvalue weighted by atomic mass is 32.2. The van der Waals surface area contributed by atoms with Crippen LogP contribution in [0.25, 0.3) is 0 Å². The molecule has 1 rings (SSSR count). The van der Waals surface area contributed by atoms with Crippen molar-refractivity contribution >= 4 is 22.5 Å². The second kappa shape index (κ2) is 5.86. The van der Waals surface area contributed by atoms with Crippen molar-refractivity contribution in [3.8, 4) is 0 Å². The number of benzene rings is 1. The lowest BCUT2D eigenvalue weighted by Gasteiger charge is -2.17. The number of sulfone groups is 1. The maximum absolute atomic E-state index is 11.2. The Hall–Kier alpha value is -0.560. The van der Waals surface area contributed by atoms with E-state index < -0.39 is 22.0 Å². The lowest BCUT2D eigenvalue weighted by atomic mass is 10.0. The van der Waals surface area contributed by atoms with E-state index in [0.717, 1.165) is 6.26 Å². The molecule has 0 aliphatic heterocycles. The summed E-state index contributed by atoms with van der Waals surface area (Å²) in [4.78, 5) is 0.192. The van der Waals surface area contributed by atoms with Gasteiger partial charge in [-0.1, -0.05) is 12.1 Å². The molecule has 2 unspecified atom stereocenters. The van der Waals surface area contributed by atoms with Gasteiger partial charge in [-0.3, -0.25) is 0 Å². The first-order valence-electron chi connectivity index (χ1n) is 5.13. The van der Waals surface area contributed by atoms with Crippen molar-refractivity contribution in [2.75, 3.05) is 12.0 Å². The third-order valence-electron chi connectivity index (χ3n) is 2.44. The number of rotatable bonds is 5. The predicted molar refractivity (Wildman–Crippen MR) is 69.0 cm³/mol. The molecule has 2 N–H and O–H groups in total. The molecule has 0 radical (unpaired) electrons. The van der Waals surface area contributed by atoms with Gasteiger partial charge in [0.1, 0.15) is 6.10 Å². The monoisotopic (exact) mass is 276 g/mol. The molecule has 0 saturated heterocycles. The van der Waals surface area contributed by atoms with Crippen molar-refractivity contribution in [3.05, 3.63) is 29.8 Å². The zero-order valence-corrected chi connectivity index (χ0v) is 11.2. The van der Waals surface area contributed by atoms with Crippen molar-refractivity contribution in [1.29, 1.82) is 0 Å². The van der Waals surface area contributed by atoms with Crippen LogP contribution in [0, 0.1) is 0 Å². The fourth-order valence-corrected chi connectivity index (χ4v) is 2.32. The molecule has 0 saturated carbocycles. The van der Waals surface area contributed by atoms with Gasteiger partial charge < -0.3 is 10.2 Å². The maximum atomic E-state index is 11.2. The highest BCUT2D eigenvalue weighted by Gasteiger charge is 2.18. The number of hydrogen-bond acceptors (Lipinski definition) is 5. The van der Waals surface area contributed by atoms with Crippen LogP contribution in [0.4, 0.5) is 0 Å². The maximum Gasteiger partial charge on any atom is 0.175 e. The summed E-state index contributed by atoms with van der Waals surface area (Å²) in [5.74, 6) is 0.472. The molecule has 0 amide bonds. The molecule has 1 aromatic carbocycles. The summed E-state index contributed by atoms with van der Waals surface area (Å²) >= 11 is 3.97. The average Bonchev–Trinajstić information content (AvgIpc) is 2.27. The van der Waals surface area contributed by atoms with Crippen LogP contribution in [-0.4, -0.2) is 36.7 Å². The molecule has 0 heterocycles. The quantitative estimate of drug-likeness (QED) is 0.696. The molecule has 0 aliphatic carbocycles. The average molecular weight is 276 g/mol. The second-order valence-electron chi connectivity index (χ2n) is 3.87. The minimum Gasteiger partial charge on any atom is -0.390 e. The van der Waals surface area contributed by atoms with E-state index >= 15 is 0 Å². The smallest absolute Gasteiger partial charge is 0.175 e. The third-order valence-corrected chi connectivity index (χ3v) is 3.83. The minimum atomic E-state index is -3.23. The highest BCUT2D eigenvalue weighted by molar-refractivity contribution is 7.90. The Bertz CT molecular complexity index is 453. The summed E-state index contributed by atoms with van der Waals surface area (Å²) in [6.45, 7) is 0. The van der Waals surface area contributed by atoms with Gasteiger partial charge in [-0.2, -0.15) is 12.6 Å². The van der Waals surface area contributed by atoms with E-state index in [9.17, 15) is 18.6 Å². The highest BCUT2D eigenvalue weighted by Crippen LogP contribution is 2.21. The van der Waals surface area contributed by atoms with E-state index in [-0.39, 0.29) is 4.90 Å². The van der Waals surface area contributed by atoms with Gasteiger partial charge in [0, 0.05) is 6.26 Å². The lowest BCUT2D eigenvalue weighted by molar-refractivity contribution is 0.0172. The van der Waals surface area contributed by atoms with Crippen LogP contribution < -0.4 is 0 Å². The van der Waals surface area contributed by atoms with Crippen LogP contribution in [0.15, 0.2) is 29.2 Å². The number of thiol groups is 1. The molecule has 2 atom stereocenters. The Morgan fingerprint density at radius 2 is 1.76 bits per heavy atom. The fraction of sp³-hybridized carbons (Fsp3) is 0.455. The van der Waals surface area contributed by atoms with Crippen LogP contribution >= 0.6 is 12.6 Å². The van der Waals surface area contributed by atoms with Gasteiger partial charge in [-0.15, -0.1) is 0 Å². The summed E-state index contributed by atoms with van der Waals surface area (Å²) in [5, 5.41) is 19.4. The van der Waals surface area contributed by atoms with Gasteiger partial charge in [0.05, 0.1) is 11.0 Å². The largest absolute Gasteiger partial charge is 0.390 e. The zero-order chi connectivity index (χ0) is 13.1. The SMILES string of the molecule is CS(=O)(=O)c1ccc(C(O)C(O)CCS)cc1. The molecular weight excluding hydrogens is 260 g/mol. The molecule has 4 nitrogen and oxygen atoms in total. The predicted octanol–water partition coefficient (Wildman–Crippen LogP) is 0.804. The van der Waals surface area contributed by atoms with Gasteiger partial charge in [0.2, 0.25) is 0 Å². The first-order valence-corrected chi connectivity index (χ1v) is 7.65. The number of hydrogen-bond donors (Lipinski definition) is 3. The van der Waals surface area contributed by atoms with Crippen LogP contribution in [0.3, 0.4) is 0 Å². The van der Waals surface area contributed by atoms with Crippen LogP contribution in [0.5, 0.6) is 0 Å². The Labute approximate surface area is 107 Å². The van der Waals surface area contributed by atoms with Gasteiger partial charge in [-0.05, 0) is 29.9 Å². The molecule has 6 heteroatoms. The Kier molecular flexibility index (Phi) is 5.00. The zero-order valence-electron chi connectivity index (χ0n) is 9.44. The normalized spacial score (nSPS) is 15.5. The molecule has 0 aromatic heterocycles. The molecule has 0 spiro atoms. The number of aliphatic hydroxyl groups excluding tert-OH is 2. The second-order valence-corrected chi connectivity index (χ2v) is 6.33. The lowest BCUT2D eigenvalue weighted by Crippen LogP contribution is -2.18. The summed E-state index contributed by atoms with van der Waals surface area (Å²) in [7, 11) is -3.23. The fourth-order valence-electron chi connectivity index (χ4n) is 1.42. The van der Waals surface area contributed by atoms with Crippen molar-refractivity contribution in [3.63, 3.8) is 0 Å². The van der Waals surface area contributed by atoms with Crippen molar-refractivity contribution in [2.24, 2.45) is 0 Å². The molecule has 0 bridgehead atoms. The van der Waals surface area contributed by atoms with Gasteiger partial charge in [0.25, 0.3) is 0 Å². The Morgan fingerprint density at radius 1 is 1.24 bits per heavy atom. The number of aliphatic hydroxyl groups is 2. The van der Waals surface area contributed by atoms with Gasteiger partial charge in [0.15, 0.2) is 9.84 Å². The molecule has 0 fully saturated rings. The van der Waals surface area contributed by atoms with E-state index in [0.29, 0.717) is 17.7 Å². The minimum absolute atomic E-state index is 0.192. The molecule has 0 aliphatic rings. The van der Waals surface area contributed by atoms with Crippen molar-refractivity contribution in [1.82, 2.24) is 0 Å². The summed E-state index contributed by atoms with van der Waals surface area (Å²) in [6, 6.07) is 5.84. The van der Waals surface area contributed by atoms with Gasteiger partial charge in [-0.25, -0.2) is 8.42 Å². The van der Waals surface area contributed by atoms with E-state index in [1.165, 1.54) is 24.3 Å². The van der Waals surface area contributed by atoms with E-state index in [1.807, 2.05) is 0 Å². The van der Waals surface area contributed by atoms with E-state index in [4.69, 9.17) is 0 Å². The van der Waals surface area contributed by atoms with Gasteiger partial charge >= 0.3 is 0 Å². The van der Waals surface area contributed by atoms with E-state index in [2.05, 4.69) is 12.6 Å². The summed E-state index contributed by atoms with van der Waals surface area (Å²) in [6.07, 6.45) is -0.418. The Morgan fingerprint density at radius 3 is 2.18 bits per heavy atom. The van der Waals surface area contributed by atoms with Crippen LogP contribution in [-0.2, 0) is 9.84 Å². The van der Waals surface area contributed by atoms with Crippen LogP contribution in [0.2, 0.25) is 0 Å². The molecule has 17 heavy (non-hydrogen) atoms. The van der Waals surface area contributed by atoms with Crippen molar-refractivity contribution < 1.29 is 18.6 Å². The molecule has 1 aromatic rings. The first kappa shape index (κ1) is 14.5. The standard InChI is InChI=1S/C11H16O4S2/c1-17(14,15)9-4-2-8(3-5-9)11(13)10(12)6-7-16/h2-5,10-13,16H,6-7H2,1H3. The molecular formula is C11H16O4S2. The van der Waals surface area contributed by atoms with E-state index in [1.54, 1.807) is 0 Å². The summed E-state index contributed by atoms with van der Waals surface area (Å²) in [5.41, 5.74) is 0.492. The summed E-state index contributed by atoms with van der Waals surface area (Å²) < 4.78 is 22.5. The van der Waals surface area contributed by atoms with Crippen LogP contribution in [0.1, 0.15) is 18.1 Å². The molecule has 96 valence electrons.